The molecule has 0 spiro atoms. The maximum Gasteiger partial charge on any atom is 0.150 e. The van der Waals surface area contributed by atoms with Gasteiger partial charge >= 0.3 is 0 Å². The van der Waals surface area contributed by atoms with Crippen LogP contribution < -0.4 is 5.32 Å². The van der Waals surface area contributed by atoms with Crippen LogP contribution in [0.2, 0.25) is 0 Å². The molecule has 0 saturated carbocycles. The Morgan fingerprint density at radius 1 is 1.17 bits per heavy atom. The molecule has 1 heterocycles. The molecule has 96 valence electrons. The second-order valence-corrected chi connectivity index (χ2v) is 6.83. The van der Waals surface area contributed by atoms with Crippen LogP contribution in [-0.2, 0) is 6.54 Å². The van der Waals surface area contributed by atoms with Crippen LogP contribution in [0.3, 0.4) is 0 Å². The van der Waals surface area contributed by atoms with E-state index in [0.29, 0.717) is 11.0 Å². The third kappa shape index (κ3) is 3.10. The van der Waals surface area contributed by atoms with Gasteiger partial charge in [-0.15, -0.1) is 11.3 Å². The highest BCUT2D eigenvalue weighted by molar-refractivity contribution is 9.10. The van der Waals surface area contributed by atoms with Crippen LogP contribution in [-0.4, -0.2) is 0 Å². The van der Waals surface area contributed by atoms with Crippen LogP contribution in [0.4, 0.5) is 14.5 Å². The number of anilines is 1. The number of rotatable bonds is 3. The zero-order valence-corrected chi connectivity index (χ0v) is 13.3. The largest absolute Gasteiger partial charge is 0.375 e. The van der Waals surface area contributed by atoms with Crippen LogP contribution >= 0.6 is 43.2 Å². The quantitative estimate of drug-likeness (QED) is 0.725. The smallest absolute Gasteiger partial charge is 0.150 e. The number of hydrogen-bond donors (Lipinski definition) is 1. The molecule has 1 nitrogen and oxygen atoms in total. The van der Waals surface area contributed by atoms with E-state index in [4.69, 9.17) is 0 Å². The van der Waals surface area contributed by atoms with Crippen molar-refractivity contribution in [1.82, 2.24) is 0 Å². The van der Waals surface area contributed by atoms with Crippen LogP contribution in [0, 0.1) is 18.6 Å². The molecule has 0 atom stereocenters. The van der Waals surface area contributed by atoms with Crippen molar-refractivity contribution >= 4 is 48.9 Å². The second kappa shape index (κ2) is 5.67. The van der Waals surface area contributed by atoms with Crippen molar-refractivity contribution in [3.05, 3.63) is 48.5 Å². The van der Waals surface area contributed by atoms with Crippen LogP contribution in [0.15, 0.2) is 27.1 Å². The number of halogens is 4. The van der Waals surface area contributed by atoms with Gasteiger partial charge in [-0.3, -0.25) is 0 Å². The SMILES string of the molecule is Cc1sc(CNc2c(F)cc(Br)cc2F)cc1Br. The van der Waals surface area contributed by atoms with Gasteiger partial charge in [-0.1, -0.05) is 15.9 Å². The summed E-state index contributed by atoms with van der Waals surface area (Å²) in [5, 5.41) is 2.78. The van der Waals surface area contributed by atoms with Crippen molar-refractivity contribution in [3.8, 4) is 0 Å². The average molecular weight is 397 g/mol. The van der Waals surface area contributed by atoms with Gasteiger partial charge in [-0.2, -0.15) is 0 Å². The van der Waals surface area contributed by atoms with Gasteiger partial charge < -0.3 is 5.32 Å². The molecule has 2 rings (SSSR count). The molecule has 0 saturated heterocycles. The fourth-order valence-electron chi connectivity index (χ4n) is 1.49. The Bertz CT molecular complexity index is 541. The predicted molar refractivity (Wildman–Crippen MR) is 78.1 cm³/mol. The van der Waals surface area contributed by atoms with E-state index >= 15 is 0 Å². The Hall–Kier alpha value is -0.460. The highest BCUT2D eigenvalue weighted by Gasteiger charge is 2.11. The first-order chi connectivity index (χ1) is 8.47. The molecule has 2 aromatic rings. The highest BCUT2D eigenvalue weighted by Crippen LogP contribution is 2.28. The molecule has 1 aromatic heterocycles. The molecule has 0 fully saturated rings. The van der Waals surface area contributed by atoms with Crippen molar-refractivity contribution < 1.29 is 8.78 Å². The normalized spacial score (nSPS) is 10.7. The molecule has 0 aliphatic rings. The summed E-state index contributed by atoms with van der Waals surface area (Å²) >= 11 is 8.04. The zero-order valence-electron chi connectivity index (χ0n) is 9.36. The zero-order chi connectivity index (χ0) is 13.3. The van der Waals surface area contributed by atoms with Crippen molar-refractivity contribution in [3.63, 3.8) is 0 Å². The summed E-state index contributed by atoms with van der Waals surface area (Å²) < 4.78 is 28.5. The first-order valence-electron chi connectivity index (χ1n) is 5.10. The minimum absolute atomic E-state index is 0.0969. The lowest BCUT2D eigenvalue weighted by atomic mass is 10.3. The summed E-state index contributed by atoms with van der Waals surface area (Å²) in [6.45, 7) is 2.38. The standard InChI is InChI=1S/C12H9Br2F2NS/c1-6-9(14)4-8(18-6)5-17-12-10(15)2-7(13)3-11(12)16/h2-4,17H,5H2,1H3. The lowest BCUT2D eigenvalue weighted by Gasteiger charge is -2.08. The van der Waals surface area contributed by atoms with E-state index in [1.54, 1.807) is 11.3 Å². The molecule has 0 aliphatic carbocycles. The Morgan fingerprint density at radius 3 is 2.28 bits per heavy atom. The Balaban J connectivity index is 2.15. The molecule has 6 heteroatoms. The summed E-state index contributed by atoms with van der Waals surface area (Å²) in [5.41, 5.74) is -0.0969. The molecule has 18 heavy (non-hydrogen) atoms. The maximum atomic E-state index is 13.6. The molecule has 1 N–H and O–H groups in total. The number of hydrogen-bond acceptors (Lipinski definition) is 2. The molecule has 0 bridgehead atoms. The number of aryl methyl sites for hydroxylation is 1. The van der Waals surface area contributed by atoms with Gasteiger partial charge in [0.05, 0.1) is 0 Å². The molecule has 0 amide bonds. The highest BCUT2D eigenvalue weighted by atomic mass is 79.9. The monoisotopic (exact) mass is 395 g/mol. The summed E-state index contributed by atoms with van der Waals surface area (Å²) in [6.07, 6.45) is 0. The Morgan fingerprint density at radius 2 is 1.78 bits per heavy atom. The fraction of sp³-hybridized carbons (Fsp3) is 0.167. The van der Waals surface area contributed by atoms with Crippen molar-refractivity contribution in [2.45, 2.75) is 13.5 Å². The summed E-state index contributed by atoms with van der Waals surface area (Å²) in [4.78, 5) is 2.16. The van der Waals surface area contributed by atoms with Crippen molar-refractivity contribution in [2.75, 3.05) is 5.32 Å². The van der Waals surface area contributed by atoms with E-state index in [1.807, 2.05) is 13.0 Å². The minimum atomic E-state index is -0.603. The second-order valence-electron chi connectivity index (χ2n) is 3.71. The van der Waals surface area contributed by atoms with E-state index in [9.17, 15) is 8.78 Å². The molecule has 1 aromatic carbocycles. The first-order valence-corrected chi connectivity index (χ1v) is 7.51. The molecule has 0 aliphatic heterocycles. The predicted octanol–water partition coefficient (Wildman–Crippen LogP) is 5.47. The van der Waals surface area contributed by atoms with E-state index < -0.39 is 11.6 Å². The van der Waals surface area contributed by atoms with Gasteiger partial charge in [-0.05, 0) is 41.1 Å². The third-order valence-corrected chi connectivity index (χ3v) is 4.95. The van der Waals surface area contributed by atoms with Gasteiger partial charge in [0.25, 0.3) is 0 Å². The van der Waals surface area contributed by atoms with Gasteiger partial charge in [0.2, 0.25) is 0 Å². The van der Waals surface area contributed by atoms with Crippen LogP contribution in [0.1, 0.15) is 9.75 Å². The Kier molecular flexibility index (Phi) is 4.40. The molecule has 0 radical (unpaired) electrons. The summed E-state index contributed by atoms with van der Waals surface area (Å²) in [6, 6.07) is 4.42. The number of thiophene rings is 1. The summed E-state index contributed by atoms with van der Waals surface area (Å²) in [7, 11) is 0. The van der Waals surface area contributed by atoms with E-state index in [0.717, 1.165) is 14.2 Å². The van der Waals surface area contributed by atoms with E-state index in [1.165, 1.54) is 12.1 Å². The average Bonchev–Trinajstić information content (AvgIpc) is 2.56. The van der Waals surface area contributed by atoms with E-state index in [-0.39, 0.29) is 5.69 Å². The van der Waals surface area contributed by atoms with Crippen molar-refractivity contribution in [1.29, 1.82) is 0 Å². The number of benzene rings is 1. The first kappa shape index (κ1) is 14.0. The van der Waals surface area contributed by atoms with Gasteiger partial charge in [0.15, 0.2) is 0 Å². The lowest BCUT2D eigenvalue weighted by Crippen LogP contribution is -2.02. The Labute approximate surface area is 124 Å². The van der Waals surface area contributed by atoms with Gasteiger partial charge in [-0.25, -0.2) is 8.78 Å². The van der Waals surface area contributed by atoms with Gasteiger partial charge in [0.1, 0.15) is 17.3 Å². The van der Waals surface area contributed by atoms with Crippen LogP contribution in [0.25, 0.3) is 0 Å². The lowest BCUT2D eigenvalue weighted by molar-refractivity contribution is 0.586. The third-order valence-electron chi connectivity index (χ3n) is 2.35. The van der Waals surface area contributed by atoms with Crippen molar-refractivity contribution in [2.24, 2.45) is 0 Å². The van der Waals surface area contributed by atoms with Gasteiger partial charge in [0, 0.05) is 25.2 Å². The van der Waals surface area contributed by atoms with E-state index in [2.05, 4.69) is 37.2 Å². The minimum Gasteiger partial charge on any atom is -0.375 e. The summed E-state index contributed by atoms with van der Waals surface area (Å²) in [5.74, 6) is -1.21. The topological polar surface area (TPSA) is 12.0 Å². The molecule has 0 unspecified atom stereocenters. The molecular weight excluding hydrogens is 388 g/mol. The fourth-order valence-corrected chi connectivity index (χ4v) is 3.43. The maximum absolute atomic E-state index is 13.6. The van der Waals surface area contributed by atoms with Crippen LogP contribution in [0.5, 0.6) is 0 Å². The number of nitrogens with one attached hydrogen (secondary N) is 1. The molecular formula is C12H9Br2F2NS.